The van der Waals surface area contributed by atoms with Crippen molar-refractivity contribution in [2.75, 3.05) is 12.8 Å². The molecule has 7 heteroatoms. The Bertz CT molecular complexity index is 623. The first-order valence-electron chi connectivity index (χ1n) is 5.28. The Labute approximate surface area is 111 Å². The van der Waals surface area contributed by atoms with Crippen LogP contribution in [0.5, 0.6) is 0 Å². The summed E-state index contributed by atoms with van der Waals surface area (Å²) < 4.78 is 28.4. The van der Waals surface area contributed by atoms with Gasteiger partial charge in [-0.3, -0.25) is 0 Å². The summed E-state index contributed by atoms with van der Waals surface area (Å²) in [6.07, 6.45) is 2.47. The van der Waals surface area contributed by atoms with Gasteiger partial charge in [-0.25, -0.2) is 18.4 Å². The topological polar surface area (TPSA) is 68.6 Å². The fourth-order valence-electron chi connectivity index (χ4n) is 1.55. The van der Waals surface area contributed by atoms with E-state index in [2.05, 4.69) is 9.98 Å². The van der Waals surface area contributed by atoms with E-state index in [1.54, 1.807) is 0 Å². The average Bonchev–Trinajstić information content (AvgIpc) is 2.56. The summed E-state index contributed by atoms with van der Waals surface area (Å²) in [6.45, 7) is 4.39. The van der Waals surface area contributed by atoms with Crippen molar-refractivity contribution < 1.29 is 13.2 Å². The second kappa shape index (κ2) is 4.20. The van der Waals surface area contributed by atoms with Crippen molar-refractivity contribution in [2.45, 2.75) is 24.5 Å². The third-order valence-electron chi connectivity index (χ3n) is 2.38. The van der Waals surface area contributed by atoms with Gasteiger partial charge in [-0.05, 0) is 19.9 Å². The largest absolute Gasteiger partial charge is 0.469 e. The molecular weight excluding hydrogens is 276 g/mol. The Hall–Kier alpha value is -1.14. The quantitative estimate of drug-likeness (QED) is 0.830. The normalized spacial score (nSPS) is 18.3. The molecule has 0 atom stereocenters. The van der Waals surface area contributed by atoms with Gasteiger partial charge >= 0.3 is 0 Å². The van der Waals surface area contributed by atoms with E-state index in [1.807, 2.05) is 13.8 Å². The van der Waals surface area contributed by atoms with Crippen LogP contribution in [0.3, 0.4) is 0 Å². The molecular formula is C11H13ClN2O3S. The fourth-order valence-corrected chi connectivity index (χ4v) is 2.80. The highest BCUT2D eigenvalue weighted by atomic mass is 35.5. The molecule has 0 radical (unpaired) electrons. The molecule has 2 rings (SSSR count). The average molecular weight is 289 g/mol. The van der Waals surface area contributed by atoms with E-state index in [4.69, 9.17) is 16.3 Å². The van der Waals surface area contributed by atoms with Gasteiger partial charge < -0.3 is 4.74 Å². The van der Waals surface area contributed by atoms with Crippen LogP contribution >= 0.6 is 11.6 Å². The number of ether oxygens (including phenoxy) is 1. The minimum absolute atomic E-state index is 0.0750. The molecule has 1 aromatic heterocycles. The number of aromatic nitrogens is 1. The molecule has 0 aliphatic carbocycles. The summed E-state index contributed by atoms with van der Waals surface area (Å²) in [7, 11) is -3.42. The van der Waals surface area contributed by atoms with Crippen LogP contribution in [0.25, 0.3) is 0 Å². The zero-order valence-electron chi connectivity index (χ0n) is 10.3. The van der Waals surface area contributed by atoms with Crippen LogP contribution in [0.15, 0.2) is 22.3 Å². The van der Waals surface area contributed by atoms with E-state index in [1.165, 1.54) is 12.3 Å². The van der Waals surface area contributed by atoms with E-state index in [0.29, 0.717) is 18.0 Å². The van der Waals surface area contributed by atoms with Gasteiger partial charge in [0.25, 0.3) is 0 Å². The van der Waals surface area contributed by atoms with Crippen LogP contribution < -0.4 is 0 Å². The minimum Gasteiger partial charge on any atom is -0.469 e. The van der Waals surface area contributed by atoms with Crippen LogP contribution in [-0.4, -0.2) is 37.7 Å². The lowest BCUT2D eigenvalue weighted by Gasteiger charge is -2.17. The van der Waals surface area contributed by atoms with Gasteiger partial charge in [0.15, 0.2) is 14.9 Å². The molecule has 2 heterocycles. The Morgan fingerprint density at radius 1 is 1.44 bits per heavy atom. The van der Waals surface area contributed by atoms with Crippen LogP contribution in [0.4, 0.5) is 0 Å². The SMILES string of the molecule is CC1(C)CN=C(c2cnc(S(C)(=O)=O)c(Cl)c2)O1. The molecule has 1 aliphatic rings. The lowest BCUT2D eigenvalue weighted by atomic mass is 10.1. The highest BCUT2D eigenvalue weighted by Gasteiger charge is 2.29. The Morgan fingerprint density at radius 3 is 2.56 bits per heavy atom. The fraction of sp³-hybridized carbons (Fsp3) is 0.455. The summed E-state index contributed by atoms with van der Waals surface area (Å²) in [5, 5.41) is -0.0585. The number of pyridine rings is 1. The maximum Gasteiger partial charge on any atom is 0.218 e. The summed E-state index contributed by atoms with van der Waals surface area (Å²) in [5.41, 5.74) is 0.232. The number of hydrogen-bond acceptors (Lipinski definition) is 5. The Balaban J connectivity index is 2.37. The molecule has 98 valence electrons. The first-order chi connectivity index (χ1) is 8.19. The first kappa shape index (κ1) is 13.3. The van der Waals surface area contributed by atoms with E-state index in [-0.39, 0.29) is 15.6 Å². The van der Waals surface area contributed by atoms with Crippen molar-refractivity contribution in [1.82, 2.24) is 4.98 Å². The maximum atomic E-state index is 11.4. The molecule has 0 amide bonds. The Morgan fingerprint density at radius 2 is 2.11 bits per heavy atom. The van der Waals surface area contributed by atoms with Crippen molar-refractivity contribution in [2.24, 2.45) is 4.99 Å². The molecule has 0 N–H and O–H groups in total. The molecule has 0 unspecified atom stereocenters. The van der Waals surface area contributed by atoms with Gasteiger partial charge in [0, 0.05) is 12.5 Å². The number of hydrogen-bond donors (Lipinski definition) is 0. The van der Waals surface area contributed by atoms with E-state index in [9.17, 15) is 8.42 Å². The summed E-state index contributed by atoms with van der Waals surface area (Å²) in [4.78, 5) is 8.10. The summed E-state index contributed by atoms with van der Waals surface area (Å²) in [5.74, 6) is 0.439. The van der Waals surface area contributed by atoms with Gasteiger partial charge in [-0.1, -0.05) is 11.6 Å². The standard InChI is InChI=1S/C11H13ClN2O3S/c1-11(2)6-14-9(17-11)7-4-8(12)10(13-5-7)18(3,15)16/h4-5H,6H2,1-3H3. The number of halogens is 1. The van der Waals surface area contributed by atoms with Crippen molar-refractivity contribution in [1.29, 1.82) is 0 Å². The molecule has 18 heavy (non-hydrogen) atoms. The smallest absolute Gasteiger partial charge is 0.218 e. The highest BCUT2D eigenvalue weighted by Crippen LogP contribution is 2.24. The molecule has 0 spiro atoms. The van der Waals surface area contributed by atoms with Crippen molar-refractivity contribution in [3.63, 3.8) is 0 Å². The molecule has 0 fully saturated rings. The van der Waals surface area contributed by atoms with Crippen molar-refractivity contribution >= 4 is 27.3 Å². The maximum absolute atomic E-state index is 11.4. The molecule has 5 nitrogen and oxygen atoms in total. The number of sulfone groups is 1. The number of aliphatic imine (C=N–C) groups is 1. The van der Waals surface area contributed by atoms with E-state index in [0.717, 1.165) is 6.26 Å². The third kappa shape index (κ3) is 2.64. The van der Waals surface area contributed by atoms with Crippen LogP contribution in [0.2, 0.25) is 5.02 Å². The molecule has 1 aliphatic heterocycles. The van der Waals surface area contributed by atoms with Crippen molar-refractivity contribution in [3.05, 3.63) is 22.8 Å². The van der Waals surface area contributed by atoms with Gasteiger partial charge in [-0.2, -0.15) is 0 Å². The predicted octanol–water partition coefficient (Wildman–Crippen LogP) is 1.69. The Kier molecular flexibility index (Phi) is 3.11. The predicted molar refractivity (Wildman–Crippen MR) is 68.9 cm³/mol. The zero-order chi connectivity index (χ0) is 13.6. The van der Waals surface area contributed by atoms with Crippen molar-refractivity contribution in [3.8, 4) is 0 Å². The van der Waals surface area contributed by atoms with Gasteiger partial charge in [-0.15, -0.1) is 0 Å². The summed E-state index contributed by atoms with van der Waals surface area (Å²) in [6, 6.07) is 1.51. The van der Waals surface area contributed by atoms with Gasteiger partial charge in [0.1, 0.15) is 5.60 Å². The molecule has 0 saturated carbocycles. The van der Waals surface area contributed by atoms with Crippen LogP contribution in [-0.2, 0) is 14.6 Å². The second-order valence-electron chi connectivity index (χ2n) is 4.77. The number of rotatable bonds is 2. The van der Waals surface area contributed by atoms with Crippen LogP contribution in [0.1, 0.15) is 19.4 Å². The monoisotopic (exact) mass is 288 g/mol. The number of nitrogens with zero attached hydrogens (tertiary/aromatic N) is 2. The third-order valence-corrected chi connectivity index (χ3v) is 3.81. The molecule has 1 aromatic rings. The first-order valence-corrected chi connectivity index (χ1v) is 7.55. The second-order valence-corrected chi connectivity index (χ2v) is 7.10. The summed E-state index contributed by atoms with van der Waals surface area (Å²) >= 11 is 5.91. The minimum atomic E-state index is -3.42. The van der Waals surface area contributed by atoms with E-state index < -0.39 is 9.84 Å². The van der Waals surface area contributed by atoms with Crippen LogP contribution in [0, 0.1) is 0 Å². The van der Waals surface area contributed by atoms with Gasteiger partial charge in [0.05, 0.1) is 17.1 Å². The zero-order valence-corrected chi connectivity index (χ0v) is 11.8. The molecule has 0 aromatic carbocycles. The lowest BCUT2D eigenvalue weighted by molar-refractivity contribution is 0.131. The highest BCUT2D eigenvalue weighted by molar-refractivity contribution is 7.90. The lowest BCUT2D eigenvalue weighted by Crippen LogP contribution is -2.24. The van der Waals surface area contributed by atoms with E-state index >= 15 is 0 Å². The molecule has 0 saturated heterocycles. The molecule has 0 bridgehead atoms. The van der Waals surface area contributed by atoms with Gasteiger partial charge in [0.2, 0.25) is 5.90 Å².